The number of nitrogens with zero attached hydrogens (tertiary/aromatic N) is 1. The highest BCUT2D eigenvalue weighted by molar-refractivity contribution is 7.12. The van der Waals surface area contributed by atoms with Gasteiger partial charge in [0.05, 0.1) is 10.8 Å². The molecule has 5 heteroatoms. The Kier molecular flexibility index (Phi) is 5.13. The topological polar surface area (TPSA) is 46.6 Å². The van der Waals surface area contributed by atoms with Crippen molar-refractivity contribution in [3.05, 3.63) is 22.4 Å². The van der Waals surface area contributed by atoms with Gasteiger partial charge in [-0.05, 0) is 50.0 Å². The van der Waals surface area contributed by atoms with Crippen LogP contribution in [0.5, 0.6) is 0 Å². The molecular formula is C17H23NO3S. The number of amides is 1. The van der Waals surface area contributed by atoms with Gasteiger partial charge in [-0.15, -0.1) is 11.3 Å². The van der Waals surface area contributed by atoms with Crippen molar-refractivity contribution in [2.75, 3.05) is 13.1 Å². The van der Waals surface area contributed by atoms with Gasteiger partial charge in [0.2, 0.25) is 0 Å². The van der Waals surface area contributed by atoms with Crippen LogP contribution in [0.2, 0.25) is 0 Å². The molecule has 0 radical (unpaired) electrons. The van der Waals surface area contributed by atoms with E-state index in [4.69, 9.17) is 4.74 Å². The molecule has 0 bridgehead atoms. The van der Waals surface area contributed by atoms with Gasteiger partial charge >= 0.3 is 5.97 Å². The number of esters is 1. The number of carbonyl (C=O) groups excluding carboxylic acids is 2. The number of hydrogen-bond donors (Lipinski definition) is 0. The average molecular weight is 321 g/mol. The molecule has 120 valence electrons. The van der Waals surface area contributed by atoms with E-state index >= 15 is 0 Å². The van der Waals surface area contributed by atoms with Crippen LogP contribution in [0, 0.1) is 5.92 Å². The summed E-state index contributed by atoms with van der Waals surface area (Å²) in [4.78, 5) is 27.2. The van der Waals surface area contributed by atoms with Crippen molar-refractivity contribution >= 4 is 23.2 Å². The Balaban J connectivity index is 1.46. The fourth-order valence-electron chi connectivity index (χ4n) is 3.32. The zero-order valence-electron chi connectivity index (χ0n) is 12.8. The first-order valence-corrected chi connectivity index (χ1v) is 9.15. The Bertz CT molecular complexity index is 500. The lowest BCUT2D eigenvalue weighted by Gasteiger charge is -2.32. The van der Waals surface area contributed by atoms with Crippen molar-refractivity contribution in [3.63, 3.8) is 0 Å². The fourth-order valence-corrected chi connectivity index (χ4v) is 4.01. The Morgan fingerprint density at radius 1 is 1.09 bits per heavy atom. The summed E-state index contributed by atoms with van der Waals surface area (Å²) in [5, 5.41) is 1.92. The Morgan fingerprint density at radius 2 is 1.82 bits per heavy atom. The second kappa shape index (κ2) is 7.27. The summed E-state index contributed by atoms with van der Waals surface area (Å²) in [5.74, 6) is 0.0125. The van der Waals surface area contributed by atoms with E-state index < -0.39 is 0 Å². The minimum absolute atomic E-state index is 0.0330. The molecule has 22 heavy (non-hydrogen) atoms. The van der Waals surface area contributed by atoms with Crippen LogP contribution in [0.3, 0.4) is 0 Å². The van der Waals surface area contributed by atoms with Crippen LogP contribution < -0.4 is 0 Å². The normalized spacial score (nSPS) is 20.8. The predicted molar refractivity (Wildman–Crippen MR) is 85.9 cm³/mol. The van der Waals surface area contributed by atoms with Crippen molar-refractivity contribution in [1.82, 2.24) is 4.90 Å². The summed E-state index contributed by atoms with van der Waals surface area (Å²) in [5.41, 5.74) is 0. The van der Waals surface area contributed by atoms with E-state index in [9.17, 15) is 9.59 Å². The summed E-state index contributed by atoms with van der Waals surface area (Å²) in [6.45, 7) is 1.31. The average Bonchev–Trinajstić information content (AvgIpc) is 3.10. The van der Waals surface area contributed by atoms with Crippen LogP contribution in [0.15, 0.2) is 17.5 Å². The van der Waals surface area contributed by atoms with Crippen LogP contribution in [0.1, 0.15) is 54.6 Å². The van der Waals surface area contributed by atoms with Crippen LogP contribution in [0.25, 0.3) is 0 Å². The van der Waals surface area contributed by atoms with Gasteiger partial charge in [0.25, 0.3) is 5.91 Å². The summed E-state index contributed by atoms with van der Waals surface area (Å²) >= 11 is 1.47. The van der Waals surface area contributed by atoms with E-state index in [0.29, 0.717) is 13.1 Å². The van der Waals surface area contributed by atoms with Crippen LogP contribution in [0.4, 0.5) is 0 Å². The predicted octanol–water partition coefficient (Wildman–Crippen LogP) is 3.48. The van der Waals surface area contributed by atoms with E-state index in [2.05, 4.69) is 0 Å². The van der Waals surface area contributed by atoms with Crippen molar-refractivity contribution in [2.24, 2.45) is 5.92 Å². The smallest absolute Gasteiger partial charge is 0.309 e. The number of thiophene rings is 1. The molecule has 3 rings (SSSR count). The van der Waals surface area contributed by atoms with E-state index in [0.717, 1.165) is 30.6 Å². The third kappa shape index (κ3) is 3.69. The number of ether oxygens (including phenoxy) is 1. The molecule has 2 fully saturated rings. The lowest BCUT2D eigenvalue weighted by molar-refractivity contribution is -0.157. The second-order valence-electron chi connectivity index (χ2n) is 6.24. The number of rotatable bonds is 3. The van der Waals surface area contributed by atoms with Gasteiger partial charge in [-0.1, -0.05) is 12.5 Å². The Morgan fingerprint density at radius 3 is 2.45 bits per heavy atom. The first-order valence-electron chi connectivity index (χ1n) is 8.27. The molecule has 0 spiro atoms. The van der Waals surface area contributed by atoms with Crippen molar-refractivity contribution in [1.29, 1.82) is 0 Å². The standard InChI is InChI=1S/C17H23NO3S/c19-16(15-7-4-12-22-15)18-10-8-13(9-11-18)17(20)21-14-5-2-1-3-6-14/h4,7,12-14H,1-3,5-6,8-11H2. The monoisotopic (exact) mass is 321 g/mol. The maximum atomic E-state index is 12.3. The zero-order valence-corrected chi connectivity index (χ0v) is 13.6. The van der Waals surface area contributed by atoms with E-state index in [1.54, 1.807) is 0 Å². The fraction of sp³-hybridized carbons (Fsp3) is 0.647. The highest BCUT2D eigenvalue weighted by Gasteiger charge is 2.30. The molecule has 1 aromatic rings. The molecule has 0 unspecified atom stereocenters. The molecule has 1 aliphatic heterocycles. The second-order valence-corrected chi connectivity index (χ2v) is 7.19. The van der Waals surface area contributed by atoms with Crippen LogP contribution in [-0.4, -0.2) is 36.0 Å². The van der Waals surface area contributed by atoms with Gasteiger partial charge in [0.1, 0.15) is 6.10 Å². The summed E-state index contributed by atoms with van der Waals surface area (Å²) in [7, 11) is 0. The van der Waals surface area contributed by atoms with Gasteiger partial charge in [-0.25, -0.2) is 0 Å². The van der Waals surface area contributed by atoms with Crippen LogP contribution >= 0.6 is 11.3 Å². The first kappa shape index (κ1) is 15.5. The van der Waals surface area contributed by atoms with Crippen molar-refractivity contribution < 1.29 is 14.3 Å². The number of likely N-dealkylation sites (tertiary alicyclic amines) is 1. The molecule has 4 nitrogen and oxygen atoms in total. The van der Waals surface area contributed by atoms with E-state index in [-0.39, 0.29) is 23.9 Å². The third-order valence-electron chi connectivity index (χ3n) is 4.68. The lowest BCUT2D eigenvalue weighted by atomic mass is 9.95. The largest absolute Gasteiger partial charge is 0.462 e. The molecule has 0 aromatic carbocycles. The maximum Gasteiger partial charge on any atom is 0.309 e. The lowest BCUT2D eigenvalue weighted by Crippen LogP contribution is -2.41. The molecule has 0 atom stereocenters. The third-order valence-corrected chi connectivity index (χ3v) is 5.54. The number of piperidine rings is 1. The summed E-state index contributed by atoms with van der Waals surface area (Å²) in [6.07, 6.45) is 7.22. The summed E-state index contributed by atoms with van der Waals surface area (Å²) < 4.78 is 5.66. The van der Waals surface area contributed by atoms with Gasteiger partial charge in [-0.2, -0.15) is 0 Å². The minimum Gasteiger partial charge on any atom is -0.462 e. The SMILES string of the molecule is O=C(OC1CCCCC1)C1CCN(C(=O)c2cccs2)CC1. The van der Waals surface area contributed by atoms with Gasteiger partial charge in [-0.3, -0.25) is 9.59 Å². The molecule has 1 aliphatic carbocycles. The molecule has 0 N–H and O–H groups in total. The van der Waals surface area contributed by atoms with Gasteiger partial charge in [0.15, 0.2) is 0 Å². The number of hydrogen-bond acceptors (Lipinski definition) is 4. The molecule has 2 aliphatic rings. The minimum atomic E-state index is -0.0462. The van der Waals surface area contributed by atoms with Gasteiger partial charge < -0.3 is 9.64 Å². The molecule has 1 aromatic heterocycles. The quantitative estimate of drug-likeness (QED) is 0.801. The highest BCUT2D eigenvalue weighted by Crippen LogP contribution is 2.25. The molecule has 1 amide bonds. The Hall–Kier alpha value is -1.36. The molecule has 1 saturated carbocycles. The maximum absolute atomic E-state index is 12.3. The van der Waals surface area contributed by atoms with Gasteiger partial charge in [0, 0.05) is 13.1 Å². The first-order chi connectivity index (χ1) is 10.7. The summed E-state index contributed by atoms with van der Waals surface area (Å²) in [6, 6.07) is 3.75. The van der Waals surface area contributed by atoms with E-state index in [1.165, 1.54) is 30.6 Å². The van der Waals surface area contributed by atoms with Crippen molar-refractivity contribution in [2.45, 2.75) is 51.0 Å². The molecule has 1 saturated heterocycles. The number of carbonyl (C=O) groups is 2. The van der Waals surface area contributed by atoms with Crippen LogP contribution in [-0.2, 0) is 9.53 Å². The molecule has 2 heterocycles. The zero-order chi connectivity index (χ0) is 15.4. The van der Waals surface area contributed by atoms with E-state index in [1.807, 2.05) is 22.4 Å². The molecular weight excluding hydrogens is 298 g/mol. The Labute approximate surface area is 135 Å². The van der Waals surface area contributed by atoms with Crippen molar-refractivity contribution in [3.8, 4) is 0 Å². The highest BCUT2D eigenvalue weighted by atomic mass is 32.1.